The molecule has 0 aliphatic carbocycles. The van der Waals surface area contributed by atoms with Crippen molar-refractivity contribution in [1.29, 1.82) is 0 Å². The molecule has 0 fully saturated rings. The fourth-order valence-corrected chi connectivity index (χ4v) is 4.61. The predicted molar refractivity (Wildman–Crippen MR) is 114 cm³/mol. The van der Waals surface area contributed by atoms with Gasteiger partial charge < -0.3 is 15.7 Å². The SMILES string of the molecule is CCNc1nc(C)c(-c2ccnc(Nc3cccc(S(=O)(=O)NCCO)c3)n2)s1. The van der Waals surface area contributed by atoms with Gasteiger partial charge in [0.05, 0.1) is 27.8 Å². The van der Waals surface area contributed by atoms with E-state index >= 15 is 0 Å². The van der Waals surface area contributed by atoms with E-state index in [0.29, 0.717) is 11.6 Å². The maximum atomic E-state index is 12.2. The minimum atomic E-state index is -3.70. The van der Waals surface area contributed by atoms with E-state index in [-0.39, 0.29) is 18.0 Å². The van der Waals surface area contributed by atoms with Gasteiger partial charge in [0.1, 0.15) is 0 Å². The molecule has 1 aromatic carbocycles. The third-order valence-corrected chi connectivity index (χ3v) is 6.41. The Kier molecular flexibility index (Phi) is 6.75. The van der Waals surface area contributed by atoms with E-state index in [9.17, 15) is 8.42 Å². The van der Waals surface area contributed by atoms with Crippen molar-refractivity contribution in [2.24, 2.45) is 0 Å². The Balaban J connectivity index is 1.83. The summed E-state index contributed by atoms with van der Waals surface area (Å²) in [5.74, 6) is 0.346. The zero-order valence-electron chi connectivity index (χ0n) is 16.0. The van der Waals surface area contributed by atoms with Crippen molar-refractivity contribution in [2.45, 2.75) is 18.7 Å². The molecule has 4 N–H and O–H groups in total. The average Bonchev–Trinajstić information content (AvgIpc) is 3.07. The molecule has 2 aromatic heterocycles. The summed E-state index contributed by atoms with van der Waals surface area (Å²) in [6.45, 7) is 4.40. The molecule has 2 heterocycles. The van der Waals surface area contributed by atoms with Gasteiger partial charge >= 0.3 is 0 Å². The van der Waals surface area contributed by atoms with E-state index in [0.717, 1.165) is 27.9 Å². The molecule has 0 aliphatic heterocycles. The number of aliphatic hydroxyl groups is 1. The van der Waals surface area contributed by atoms with Crippen molar-refractivity contribution in [2.75, 3.05) is 30.3 Å². The molecule has 0 bridgehead atoms. The Morgan fingerprint density at radius 1 is 1.21 bits per heavy atom. The van der Waals surface area contributed by atoms with Gasteiger partial charge in [0.15, 0.2) is 5.13 Å². The van der Waals surface area contributed by atoms with Crippen molar-refractivity contribution in [1.82, 2.24) is 19.7 Å². The second-order valence-corrected chi connectivity index (χ2v) is 8.77. The fourth-order valence-electron chi connectivity index (χ4n) is 2.54. The molecule has 154 valence electrons. The van der Waals surface area contributed by atoms with Gasteiger partial charge in [-0.25, -0.2) is 28.1 Å². The summed E-state index contributed by atoms with van der Waals surface area (Å²) in [4.78, 5) is 14.3. The average molecular weight is 435 g/mol. The van der Waals surface area contributed by atoms with Gasteiger partial charge in [-0.2, -0.15) is 0 Å². The van der Waals surface area contributed by atoms with Crippen LogP contribution in [0.15, 0.2) is 41.4 Å². The van der Waals surface area contributed by atoms with Crippen LogP contribution in [-0.2, 0) is 10.0 Å². The monoisotopic (exact) mass is 434 g/mol. The number of benzene rings is 1. The molecule has 9 nitrogen and oxygen atoms in total. The molecule has 11 heteroatoms. The second-order valence-electron chi connectivity index (χ2n) is 6.00. The molecular formula is C18H22N6O3S2. The molecule has 29 heavy (non-hydrogen) atoms. The summed E-state index contributed by atoms with van der Waals surface area (Å²) in [6, 6.07) is 8.11. The zero-order valence-corrected chi connectivity index (χ0v) is 17.6. The maximum Gasteiger partial charge on any atom is 0.240 e. The number of nitrogens with one attached hydrogen (secondary N) is 3. The first-order chi connectivity index (χ1) is 13.9. The van der Waals surface area contributed by atoms with Crippen LogP contribution in [0.4, 0.5) is 16.8 Å². The lowest BCUT2D eigenvalue weighted by Gasteiger charge is -2.09. The standard InChI is InChI=1S/C18H22N6O3S2/c1-3-19-18-22-12(2)16(28-18)15-7-8-20-17(24-15)23-13-5-4-6-14(11-13)29(26,27)21-9-10-25/h4-8,11,21,25H,3,9-10H2,1-2H3,(H,19,22)(H,20,23,24). The van der Waals surface area contributed by atoms with Gasteiger partial charge in [-0.05, 0) is 38.1 Å². The molecule has 0 amide bonds. The van der Waals surface area contributed by atoms with Gasteiger partial charge in [0, 0.05) is 25.0 Å². The van der Waals surface area contributed by atoms with Gasteiger partial charge in [0.2, 0.25) is 16.0 Å². The van der Waals surface area contributed by atoms with Crippen LogP contribution in [0.1, 0.15) is 12.6 Å². The van der Waals surface area contributed by atoms with Crippen LogP contribution in [0, 0.1) is 6.92 Å². The Hall–Kier alpha value is -2.60. The number of thiazole rings is 1. The fraction of sp³-hybridized carbons (Fsp3) is 0.278. The summed E-state index contributed by atoms with van der Waals surface area (Å²) in [5, 5.41) is 15.9. The van der Waals surface area contributed by atoms with Crippen molar-refractivity contribution in [3.05, 3.63) is 42.2 Å². The minimum absolute atomic E-state index is 0.0474. The minimum Gasteiger partial charge on any atom is -0.395 e. The highest BCUT2D eigenvalue weighted by atomic mass is 32.2. The quantitative estimate of drug-likeness (QED) is 0.404. The number of aromatic nitrogens is 3. The van der Waals surface area contributed by atoms with E-state index in [4.69, 9.17) is 5.11 Å². The number of anilines is 3. The highest BCUT2D eigenvalue weighted by molar-refractivity contribution is 7.89. The first-order valence-electron chi connectivity index (χ1n) is 8.95. The Labute approximate surface area is 173 Å². The topological polar surface area (TPSA) is 129 Å². The van der Waals surface area contributed by atoms with Crippen LogP contribution in [-0.4, -0.2) is 48.2 Å². The van der Waals surface area contributed by atoms with Crippen LogP contribution in [0.25, 0.3) is 10.6 Å². The molecule has 0 unspecified atom stereocenters. The lowest BCUT2D eigenvalue weighted by Crippen LogP contribution is -2.26. The highest BCUT2D eigenvalue weighted by Gasteiger charge is 2.15. The molecule has 0 saturated heterocycles. The van der Waals surface area contributed by atoms with E-state index in [1.165, 1.54) is 23.5 Å². The van der Waals surface area contributed by atoms with Crippen molar-refractivity contribution >= 4 is 38.1 Å². The second kappa shape index (κ2) is 9.27. The van der Waals surface area contributed by atoms with E-state index < -0.39 is 10.0 Å². The van der Waals surface area contributed by atoms with Gasteiger partial charge in [0.25, 0.3) is 0 Å². The van der Waals surface area contributed by atoms with Crippen molar-refractivity contribution in [3.8, 4) is 10.6 Å². The third-order valence-electron chi connectivity index (χ3n) is 3.82. The molecule has 0 atom stereocenters. The molecule has 0 spiro atoms. The first-order valence-corrected chi connectivity index (χ1v) is 11.2. The summed E-state index contributed by atoms with van der Waals surface area (Å²) in [7, 11) is -3.70. The normalized spacial score (nSPS) is 11.4. The number of nitrogens with zero attached hydrogens (tertiary/aromatic N) is 3. The highest BCUT2D eigenvalue weighted by Crippen LogP contribution is 2.32. The summed E-state index contributed by atoms with van der Waals surface area (Å²) >= 11 is 1.52. The Morgan fingerprint density at radius 2 is 2.03 bits per heavy atom. The largest absolute Gasteiger partial charge is 0.395 e. The van der Waals surface area contributed by atoms with Gasteiger partial charge in [-0.1, -0.05) is 17.4 Å². The molecule has 3 aromatic rings. The number of hydrogen-bond donors (Lipinski definition) is 4. The smallest absolute Gasteiger partial charge is 0.240 e. The summed E-state index contributed by atoms with van der Waals surface area (Å²) < 4.78 is 26.8. The first kappa shape index (κ1) is 21.1. The molecular weight excluding hydrogens is 412 g/mol. The summed E-state index contributed by atoms with van der Waals surface area (Å²) in [6.07, 6.45) is 1.64. The van der Waals surface area contributed by atoms with Gasteiger partial charge in [-0.3, -0.25) is 0 Å². The van der Waals surface area contributed by atoms with E-state index in [1.54, 1.807) is 24.4 Å². The summed E-state index contributed by atoms with van der Waals surface area (Å²) in [5.41, 5.74) is 2.14. The van der Waals surface area contributed by atoms with E-state index in [2.05, 4.69) is 30.3 Å². The van der Waals surface area contributed by atoms with Crippen LogP contribution in [0.2, 0.25) is 0 Å². The molecule has 0 radical (unpaired) electrons. The van der Waals surface area contributed by atoms with Crippen LogP contribution in [0.3, 0.4) is 0 Å². The van der Waals surface area contributed by atoms with Gasteiger partial charge in [-0.15, -0.1) is 0 Å². The number of rotatable bonds is 9. The Bertz CT molecular complexity index is 1080. The third kappa shape index (κ3) is 5.26. The number of aliphatic hydroxyl groups excluding tert-OH is 1. The number of hydrogen-bond acceptors (Lipinski definition) is 9. The maximum absolute atomic E-state index is 12.2. The molecule has 0 aliphatic rings. The van der Waals surface area contributed by atoms with Crippen LogP contribution < -0.4 is 15.4 Å². The lowest BCUT2D eigenvalue weighted by molar-refractivity contribution is 0.301. The number of aryl methyl sites for hydroxylation is 1. The Morgan fingerprint density at radius 3 is 2.79 bits per heavy atom. The van der Waals surface area contributed by atoms with Crippen molar-refractivity contribution in [3.63, 3.8) is 0 Å². The van der Waals surface area contributed by atoms with Crippen LogP contribution >= 0.6 is 11.3 Å². The van der Waals surface area contributed by atoms with Crippen LogP contribution in [0.5, 0.6) is 0 Å². The zero-order chi connectivity index (χ0) is 20.9. The molecule has 3 rings (SSSR count). The van der Waals surface area contributed by atoms with Crippen molar-refractivity contribution < 1.29 is 13.5 Å². The predicted octanol–water partition coefficient (Wildman–Crippen LogP) is 2.35. The van der Waals surface area contributed by atoms with E-state index in [1.807, 2.05) is 13.8 Å². The molecule has 0 saturated carbocycles. The lowest BCUT2D eigenvalue weighted by atomic mass is 10.3. The number of sulfonamides is 1.